The number of hydrogen-bond acceptors (Lipinski definition) is 5. The van der Waals surface area contributed by atoms with Gasteiger partial charge < -0.3 is 11.1 Å². The standard InChI is InChI=1S/C17H22FN5O3S.ClH/c18-15-5-1-2-6-16(15)23-12-14(10-21-23)27(25,26)22-9-3-4-13(11-22)17(24)20-8-7-19;/h1-2,5-6,10,12-13H,3-4,7-9,11,19H2,(H,20,24);1H. The van der Waals surface area contributed by atoms with Crippen LogP contribution < -0.4 is 11.1 Å². The molecule has 2 heterocycles. The van der Waals surface area contributed by atoms with E-state index in [2.05, 4.69) is 10.4 Å². The van der Waals surface area contributed by atoms with Crippen LogP contribution in [0.3, 0.4) is 0 Å². The molecule has 0 aliphatic carbocycles. The maximum absolute atomic E-state index is 13.9. The molecule has 8 nitrogen and oxygen atoms in total. The third-order valence-corrected chi connectivity index (χ3v) is 6.31. The Morgan fingerprint density at radius 2 is 2.11 bits per heavy atom. The molecule has 0 spiro atoms. The number of amides is 1. The first-order chi connectivity index (χ1) is 12.9. The van der Waals surface area contributed by atoms with E-state index in [1.54, 1.807) is 12.1 Å². The van der Waals surface area contributed by atoms with Crippen LogP contribution in [-0.2, 0) is 14.8 Å². The number of benzene rings is 1. The highest BCUT2D eigenvalue weighted by molar-refractivity contribution is 7.89. The van der Waals surface area contributed by atoms with Crippen molar-refractivity contribution < 1.29 is 17.6 Å². The van der Waals surface area contributed by atoms with Crippen LogP contribution in [0.2, 0.25) is 0 Å². The summed E-state index contributed by atoms with van der Waals surface area (Å²) in [6.45, 7) is 1.12. The number of halogens is 2. The fourth-order valence-corrected chi connectivity index (χ4v) is 4.53. The van der Waals surface area contributed by atoms with Crippen molar-refractivity contribution in [2.75, 3.05) is 26.2 Å². The van der Waals surface area contributed by atoms with Crippen LogP contribution in [0.4, 0.5) is 4.39 Å². The molecule has 3 rings (SSSR count). The monoisotopic (exact) mass is 431 g/mol. The van der Waals surface area contributed by atoms with Crippen molar-refractivity contribution in [3.05, 3.63) is 42.5 Å². The fourth-order valence-electron chi connectivity index (χ4n) is 3.07. The van der Waals surface area contributed by atoms with Gasteiger partial charge in [-0.25, -0.2) is 17.5 Å². The van der Waals surface area contributed by atoms with E-state index in [-0.39, 0.29) is 35.4 Å². The molecule has 1 fully saturated rings. The number of para-hydroxylation sites is 1. The molecule has 0 radical (unpaired) electrons. The third-order valence-electron chi connectivity index (χ3n) is 4.49. The highest BCUT2D eigenvalue weighted by Crippen LogP contribution is 2.24. The Morgan fingerprint density at radius 1 is 1.36 bits per heavy atom. The number of carbonyl (C=O) groups excluding carboxylic acids is 1. The zero-order valence-electron chi connectivity index (χ0n) is 15.1. The number of carbonyl (C=O) groups is 1. The van der Waals surface area contributed by atoms with Gasteiger partial charge >= 0.3 is 0 Å². The van der Waals surface area contributed by atoms with Crippen LogP contribution >= 0.6 is 12.4 Å². The molecule has 11 heteroatoms. The van der Waals surface area contributed by atoms with Gasteiger partial charge in [-0.1, -0.05) is 12.1 Å². The Bertz CT molecular complexity index is 921. The molecule has 28 heavy (non-hydrogen) atoms. The minimum atomic E-state index is -3.83. The highest BCUT2D eigenvalue weighted by Gasteiger charge is 2.34. The van der Waals surface area contributed by atoms with E-state index in [4.69, 9.17) is 5.73 Å². The molecular formula is C17H23ClFN5O3S. The number of rotatable bonds is 6. The third kappa shape index (κ3) is 4.69. The summed E-state index contributed by atoms with van der Waals surface area (Å²) in [5.74, 6) is -1.11. The van der Waals surface area contributed by atoms with Gasteiger partial charge in [0.05, 0.1) is 18.3 Å². The normalized spacial score (nSPS) is 17.7. The van der Waals surface area contributed by atoms with E-state index in [0.29, 0.717) is 32.5 Å². The molecular weight excluding hydrogens is 409 g/mol. The van der Waals surface area contributed by atoms with Crippen molar-refractivity contribution in [1.82, 2.24) is 19.4 Å². The molecule has 0 bridgehead atoms. The van der Waals surface area contributed by atoms with Gasteiger partial charge in [0.2, 0.25) is 15.9 Å². The molecule has 1 aliphatic heterocycles. The summed E-state index contributed by atoms with van der Waals surface area (Å²) in [6.07, 6.45) is 3.68. The molecule has 2 aromatic rings. The Labute approximate surface area is 169 Å². The SMILES string of the molecule is Cl.NCCNC(=O)C1CCCN(S(=O)(=O)c2cnn(-c3ccccc3F)c2)C1. The summed E-state index contributed by atoms with van der Waals surface area (Å²) in [5, 5.41) is 6.68. The Morgan fingerprint density at radius 3 is 2.82 bits per heavy atom. The van der Waals surface area contributed by atoms with Gasteiger partial charge in [-0.2, -0.15) is 9.40 Å². The van der Waals surface area contributed by atoms with Crippen molar-refractivity contribution in [3.63, 3.8) is 0 Å². The lowest BCUT2D eigenvalue weighted by atomic mass is 9.99. The van der Waals surface area contributed by atoms with Gasteiger partial charge in [0, 0.05) is 26.2 Å². The fraction of sp³-hybridized carbons (Fsp3) is 0.412. The maximum Gasteiger partial charge on any atom is 0.246 e. The zero-order valence-corrected chi connectivity index (χ0v) is 16.8. The number of nitrogens with zero attached hydrogens (tertiary/aromatic N) is 3. The van der Waals surface area contributed by atoms with Gasteiger partial charge in [0.1, 0.15) is 16.4 Å². The molecule has 3 N–H and O–H groups in total. The van der Waals surface area contributed by atoms with Crippen molar-refractivity contribution in [2.45, 2.75) is 17.7 Å². The Hall–Kier alpha value is -2.01. The quantitative estimate of drug-likeness (QED) is 0.706. The average Bonchev–Trinajstić information content (AvgIpc) is 3.17. The van der Waals surface area contributed by atoms with Gasteiger partial charge in [0.25, 0.3) is 0 Å². The van der Waals surface area contributed by atoms with Crippen molar-refractivity contribution in [3.8, 4) is 5.69 Å². The molecule has 0 saturated carbocycles. The van der Waals surface area contributed by atoms with Gasteiger partial charge in [0.15, 0.2) is 0 Å². The zero-order chi connectivity index (χ0) is 19.4. The number of hydrogen-bond donors (Lipinski definition) is 2. The summed E-state index contributed by atoms with van der Waals surface area (Å²) in [4.78, 5) is 12.1. The number of sulfonamides is 1. The number of piperidine rings is 1. The Kier molecular flexibility index (Phi) is 7.53. The summed E-state index contributed by atoms with van der Waals surface area (Å²) >= 11 is 0. The summed E-state index contributed by atoms with van der Waals surface area (Å²) < 4.78 is 42.2. The van der Waals surface area contributed by atoms with Crippen molar-refractivity contribution in [1.29, 1.82) is 0 Å². The van der Waals surface area contributed by atoms with E-state index < -0.39 is 21.8 Å². The van der Waals surface area contributed by atoms with E-state index in [1.807, 2.05) is 0 Å². The molecule has 1 saturated heterocycles. The highest BCUT2D eigenvalue weighted by atomic mass is 35.5. The minimum absolute atomic E-state index is 0. The van der Waals surface area contributed by atoms with Crippen LogP contribution in [0.25, 0.3) is 5.69 Å². The minimum Gasteiger partial charge on any atom is -0.355 e. The van der Waals surface area contributed by atoms with E-state index in [1.165, 1.54) is 33.5 Å². The van der Waals surface area contributed by atoms with E-state index in [9.17, 15) is 17.6 Å². The second kappa shape index (κ2) is 9.46. The Balaban J connectivity index is 0.00000280. The predicted molar refractivity (Wildman–Crippen MR) is 104 cm³/mol. The predicted octanol–water partition coefficient (Wildman–Crippen LogP) is 0.909. The first-order valence-electron chi connectivity index (χ1n) is 8.71. The number of nitrogens with two attached hydrogens (primary N) is 1. The molecule has 1 atom stereocenters. The molecule has 1 aromatic carbocycles. The first kappa shape index (κ1) is 22.3. The molecule has 1 unspecified atom stereocenters. The topological polar surface area (TPSA) is 110 Å². The largest absolute Gasteiger partial charge is 0.355 e. The summed E-state index contributed by atoms with van der Waals surface area (Å²) in [7, 11) is -3.83. The van der Waals surface area contributed by atoms with Crippen LogP contribution in [0.15, 0.2) is 41.6 Å². The van der Waals surface area contributed by atoms with Crippen molar-refractivity contribution >= 4 is 28.3 Å². The van der Waals surface area contributed by atoms with E-state index >= 15 is 0 Å². The van der Waals surface area contributed by atoms with E-state index in [0.717, 1.165) is 0 Å². The smallest absolute Gasteiger partial charge is 0.246 e. The number of nitrogens with one attached hydrogen (secondary N) is 1. The van der Waals surface area contributed by atoms with Gasteiger partial charge in [-0.3, -0.25) is 4.79 Å². The van der Waals surface area contributed by atoms with Gasteiger partial charge in [-0.15, -0.1) is 12.4 Å². The molecule has 1 aliphatic rings. The lowest BCUT2D eigenvalue weighted by Gasteiger charge is -2.30. The number of aromatic nitrogens is 2. The van der Waals surface area contributed by atoms with Gasteiger partial charge in [-0.05, 0) is 25.0 Å². The lowest BCUT2D eigenvalue weighted by molar-refractivity contribution is -0.126. The first-order valence-corrected chi connectivity index (χ1v) is 10.1. The average molecular weight is 432 g/mol. The molecule has 154 valence electrons. The molecule has 1 amide bonds. The second-order valence-electron chi connectivity index (χ2n) is 6.35. The van der Waals surface area contributed by atoms with Crippen LogP contribution in [0.5, 0.6) is 0 Å². The van der Waals surface area contributed by atoms with Crippen LogP contribution in [-0.4, -0.2) is 54.6 Å². The maximum atomic E-state index is 13.9. The van der Waals surface area contributed by atoms with Crippen molar-refractivity contribution in [2.24, 2.45) is 11.7 Å². The van der Waals surface area contributed by atoms with Crippen LogP contribution in [0.1, 0.15) is 12.8 Å². The van der Waals surface area contributed by atoms with Crippen LogP contribution in [0, 0.1) is 11.7 Å². The summed E-state index contributed by atoms with van der Waals surface area (Å²) in [6, 6.07) is 5.98. The lowest BCUT2D eigenvalue weighted by Crippen LogP contribution is -2.46. The summed E-state index contributed by atoms with van der Waals surface area (Å²) in [5.41, 5.74) is 5.55. The second-order valence-corrected chi connectivity index (χ2v) is 8.29. The molecule has 1 aromatic heterocycles.